The molecule has 1 unspecified atom stereocenters. The lowest BCUT2D eigenvalue weighted by Crippen LogP contribution is -2.37. The summed E-state index contributed by atoms with van der Waals surface area (Å²) in [4.78, 5) is 14.0. The van der Waals surface area contributed by atoms with E-state index in [2.05, 4.69) is 0 Å². The van der Waals surface area contributed by atoms with Crippen LogP contribution in [0.3, 0.4) is 0 Å². The Morgan fingerprint density at radius 1 is 1.43 bits per heavy atom. The van der Waals surface area contributed by atoms with Crippen LogP contribution in [0.2, 0.25) is 0 Å². The summed E-state index contributed by atoms with van der Waals surface area (Å²) < 4.78 is 28.3. The number of hydrogen-bond donors (Lipinski definition) is 0. The van der Waals surface area contributed by atoms with Gasteiger partial charge in [-0.25, -0.2) is 8.42 Å². The van der Waals surface area contributed by atoms with Gasteiger partial charge >= 0.3 is 0 Å². The predicted molar refractivity (Wildman–Crippen MR) is 81.5 cm³/mol. The first-order valence-corrected chi connectivity index (χ1v) is 8.84. The van der Waals surface area contributed by atoms with E-state index < -0.39 is 9.84 Å². The van der Waals surface area contributed by atoms with Gasteiger partial charge in [-0.3, -0.25) is 4.79 Å². The SMILES string of the molecule is CCc1cc(C(=O)N(C)C2CCS(=O)(=O)C2)ccc1OC. The average Bonchev–Trinajstić information content (AvgIpc) is 2.85. The standard InChI is InChI=1S/C15H21NO4S/c1-4-11-9-12(5-6-14(11)20-3)15(17)16(2)13-7-8-21(18,19)10-13/h5-6,9,13H,4,7-8,10H2,1-3H3. The van der Waals surface area contributed by atoms with Gasteiger partial charge < -0.3 is 9.64 Å². The Hall–Kier alpha value is -1.56. The van der Waals surface area contributed by atoms with Gasteiger partial charge in [-0.2, -0.15) is 0 Å². The summed E-state index contributed by atoms with van der Waals surface area (Å²) in [6.07, 6.45) is 1.28. The molecule has 0 saturated carbocycles. The average molecular weight is 311 g/mol. The Bertz CT molecular complexity index is 639. The van der Waals surface area contributed by atoms with E-state index in [4.69, 9.17) is 4.74 Å². The summed E-state index contributed by atoms with van der Waals surface area (Å²) in [7, 11) is 0.279. The summed E-state index contributed by atoms with van der Waals surface area (Å²) >= 11 is 0. The zero-order chi connectivity index (χ0) is 15.6. The molecule has 1 aromatic rings. The Kier molecular flexibility index (Phi) is 4.56. The van der Waals surface area contributed by atoms with Crippen LogP contribution in [0.5, 0.6) is 5.75 Å². The maximum atomic E-state index is 12.5. The molecule has 1 fully saturated rings. The number of hydrogen-bond acceptors (Lipinski definition) is 4. The van der Waals surface area contributed by atoms with Gasteiger partial charge in [0.1, 0.15) is 5.75 Å². The maximum absolute atomic E-state index is 12.5. The Morgan fingerprint density at radius 2 is 2.14 bits per heavy atom. The summed E-state index contributed by atoms with van der Waals surface area (Å²) in [6, 6.07) is 5.10. The zero-order valence-electron chi connectivity index (χ0n) is 12.6. The summed E-state index contributed by atoms with van der Waals surface area (Å²) in [5.41, 5.74) is 1.54. The Labute approximate surface area is 125 Å². The molecule has 1 aromatic carbocycles. The Balaban J connectivity index is 2.20. The lowest BCUT2D eigenvalue weighted by molar-refractivity contribution is 0.0747. The van der Waals surface area contributed by atoms with Crippen molar-refractivity contribution in [2.75, 3.05) is 25.7 Å². The first kappa shape index (κ1) is 15.8. The van der Waals surface area contributed by atoms with Crippen LogP contribution in [0, 0.1) is 0 Å². The number of sulfone groups is 1. The summed E-state index contributed by atoms with van der Waals surface area (Å²) in [6.45, 7) is 2.00. The quantitative estimate of drug-likeness (QED) is 0.845. The molecule has 1 aliphatic rings. The van der Waals surface area contributed by atoms with Crippen molar-refractivity contribution in [3.63, 3.8) is 0 Å². The normalized spacial score (nSPS) is 20.2. The predicted octanol–water partition coefficient (Wildman–Crippen LogP) is 1.52. The van der Waals surface area contributed by atoms with Crippen molar-refractivity contribution in [1.82, 2.24) is 4.90 Å². The van der Waals surface area contributed by atoms with Gasteiger partial charge in [-0.1, -0.05) is 6.92 Å². The van der Waals surface area contributed by atoms with Gasteiger partial charge in [-0.15, -0.1) is 0 Å². The third-order valence-electron chi connectivity index (χ3n) is 3.98. The third-order valence-corrected chi connectivity index (χ3v) is 5.74. The molecule has 6 heteroatoms. The van der Waals surface area contributed by atoms with Gasteiger partial charge in [-0.05, 0) is 36.6 Å². The molecule has 1 amide bonds. The molecule has 2 rings (SSSR count). The fraction of sp³-hybridized carbons (Fsp3) is 0.533. The van der Waals surface area contributed by atoms with Crippen molar-refractivity contribution in [2.45, 2.75) is 25.8 Å². The summed E-state index contributed by atoms with van der Waals surface area (Å²) in [5.74, 6) is 0.846. The molecule has 0 bridgehead atoms. The van der Waals surface area contributed by atoms with Crippen molar-refractivity contribution in [1.29, 1.82) is 0 Å². The van der Waals surface area contributed by atoms with Crippen LogP contribution in [0.4, 0.5) is 0 Å². The molecule has 0 N–H and O–H groups in total. The van der Waals surface area contributed by atoms with E-state index in [0.717, 1.165) is 17.7 Å². The van der Waals surface area contributed by atoms with Crippen LogP contribution >= 0.6 is 0 Å². The molecule has 1 atom stereocenters. The van der Waals surface area contributed by atoms with Gasteiger partial charge in [0.15, 0.2) is 9.84 Å². The lowest BCUT2D eigenvalue weighted by atomic mass is 10.1. The van der Waals surface area contributed by atoms with Gasteiger partial charge in [0.25, 0.3) is 5.91 Å². The molecule has 1 heterocycles. The number of amides is 1. The molecule has 21 heavy (non-hydrogen) atoms. The van der Waals surface area contributed by atoms with E-state index in [1.54, 1.807) is 31.2 Å². The highest BCUT2D eigenvalue weighted by Crippen LogP contribution is 2.23. The minimum atomic E-state index is -2.99. The van der Waals surface area contributed by atoms with Crippen LogP contribution in [0.25, 0.3) is 0 Å². The van der Waals surface area contributed by atoms with E-state index >= 15 is 0 Å². The summed E-state index contributed by atoms with van der Waals surface area (Å²) in [5, 5.41) is 0. The fourth-order valence-corrected chi connectivity index (χ4v) is 4.41. The van der Waals surface area contributed by atoms with Crippen LogP contribution < -0.4 is 4.74 Å². The number of benzene rings is 1. The van der Waals surface area contributed by atoms with Crippen LogP contribution in [0.1, 0.15) is 29.3 Å². The number of methoxy groups -OCH3 is 1. The van der Waals surface area contributed by atoms with Crippen molar-refractivity contribution < 1.29 is 17.9 Å². The highest BCUT2D eigenvalue weighted by molar-refractivity contribution is 7.91. The van der Waals surface area contributed by atoms with Crippen molar-refractivity contribution in [2.24, 2.45) is 0 Å². The molecule has 0 aliphatic carbocycles. The molecule has 116 valence electrons. The smallest absolute Gasteiger partial charge is 0.253 e. The number of carbonyl (C=O) groups is 1. The fourth-order valence-electron chi connectivity index (χ4n) is 2.64. The first-order chi connectivity index (χ1) is 9.88. The molecule has 1 saturated heterocycles. The number of ether oxygens (including phenoxy) is 1. The first-order valence-electron chi connectivity index (χ1n) is 7.02. The number of aryl methyl sites for hydroxylation is 1. The second-order valence-corrected chi connectivity index (χ2v) is 7.58. The topological polar surface area (TPSA) is 63.7 Å². The third kappa shape index (κ3) is 3.37. The molecule has 1 aliphatic heterocycles. The van der Waals surface area contributed by atoms with Crippen LogP contribution in [-0.4, -0.2) is 50.9 Å². The highest BCUT2D eigenvalue weighted by atomic mass is 32.2. The minimum Gasteiger partial charge on any atom is -0.496 e. The van der Waals surface area contributed by atoms with Crippen molar-refractivity contribution in [3.8, 4) is 5.75 Å². The van der Waals surface area contributed by atoms with Crippen LogP contribution in [0.15, 0.2) is 18.2 Å². The van der Waals surface area contributed by atoms with Crippen molar-refractivity contribution in [3.05, 3.63) is 29.3 Å². The van der Waals surface area contributed by atoms with E-state index in [9.17, 15) is 13.2 Å². The molecule has 0 aromatic heterocycles. The van der Waals surface area contributed by atoms with Gasteiger partial charge in [0, 0.05) is 18.7 Å². The monoisotopic (exact) mass is 311 g/mol. The zero-order valence-corrected chi connectivity index (χ0v) is 13.4. The van der Waals surface area contributed by atoms with E-state index in [1.807, 2.05) is 13.0 Å². The molecule has 5 nitrogen and oxygen atoms in total. The number of nitrogens with zero attached hydrogens (tertiary/aromatic N) is 1. The van der Waals surface area contributed by atoms with Gasteiger partial charge in [0.05, 0.1) is 18.6 Å². The largest absolute Gasteiger partial charge is 0.496 e. The highest BCUT2D eigenvalue weighted by Gasteiger charge is 2.33. The van der Waals surface area contributed by atoms with E-state index in [0.29, 0.717) is 12.0 Å². The molecular formula is C15H21NO4S. The van der Waals surface area contributed by atoms with Crippen molar-refractivity contribution >= 4 is 15.7 Å². The van der Waals surface area contributed by atoms with Gasteiger partial charge in [0.2, 0.25) is 0 Å². The molecule has 0 spiro atoms. The molecule has 0 radical (unpaired) electrons. The maximum Gasteiger partial charge on any atom is 0.253 e. The molecular weight excluding hydrogens is 290 g/mol. The van der Waals surface area contributed by atoms with E-state index in [-0.39, 0.29) is 23.5 Å². The lowest BCUT2D eigenvalue weighted by Gasteiger charge is -2.23. The van der Waals surface area contributed by atoms with Crippen LogP contribution in [-0.2, 0) is 16.3 Å². The Morgan fingerprint density at radius 3 is 2.67 bits per heavy atom. The second kappa shape index (κ2) is 6.05. The number of carbonyl (C=O) groups excluding carboxylic acids is 1. The number of rotatable bonds is 4. The minimum absolute atomic E-state index is 0.0615. The second-order valence-electron chi connectivity index (χ2n) is 5.35. The van der Waals surface area contributed by atoms with E-state index in [1.165, 1.54) is 0 Å².